The number of hydrogen-bond donors (Lipinski definition) is 1. The number of nitrogens with one attached hydrogen (secondary N) is 1. The molecule has 0 saturated heterocycles. The molecule has 2 aromatic rings. The Morgan fingerprint density at radius 1 is 1.26 bits per heavy atom. The summed E-state index contributed by atoms with van der Waals surface area (Å²) in [4.78, 5) is 0. The molecule has 5 heteroatoms. The van der Waals surface area contributed by atoms with Crippen LogP contribution >= 0.6 is 15.9 Å². The molecule has 0 fully saturated rings. The third-order valence-electron chi connectivity index (χ3n) is 2.98. The summed E-state index contributed by atoms with van der Waals surface area (Å²) in [5, 5.41) is 11.7. The molecule has 0 bridgehead atoms. The summed E-state index contributed by atoms with van der Waals surface area (Å²) in [5.41, 5.74) is 4.55. The van der Waals surface area contributed by atoms with Crippen LogP contribution in [0.4, 0.5) is 0 Å². The fourth-order valence-corrected chi connectivity index (χ4v) is 2.80. The molecular weight excluding hydrogens is 304 g/mol. The summed E-state index contributed by atoms with van der Waals surface area (Å²) in [6.45, 7) is 9.21. The Morgan fingerprint density at radius 2 is 1.89 bits per heavy atom. The lowest BCUT2D eigenvalue weighted by atomic mass is 10.1. The molecule has 4 nitrogen and oxygen atoms in total. The Bertz CT molecular complexity index is 552. The SMILES string of the molecule is Cc1cc(Br)cc(C)c1-n1nncc1CNC(C)C. The van der Waals surface area contributed by atoms with Crippen LogP contribution in [0.5, 0.6) is 0 Å². The lowest BCUT2D eigenvalue weighted by molar-refractivity contribution is 0.569. The molecule has 19 heavy (non-hydrogen) atoms. The van der Waals surface area contributed by atoms with Crippen molar-refractivity contribution in [2.24, 2.45) is 0 Å². The third kappa shape index (κ3) is 3.22. The van der Waals surface area contributed by atoms with Crippen LogP contribution < -0.4 is 5.32 Å². The zero-order valence-corrected chi connectivity index (χ0v) is 13.3. The summed E-state index contributed by atoms with van der Waals surface area (Å²) < 4.78 is 3.01. The van der Waals surface area contributed by atoms with E-state index in [-0.39, 0.29) is 0 Å². The normalized spacial score (nSPS) is 11.3. The largest absolute Gasteiger partial charge is 0.309 e. The van der Waals surface area contributed by atoms with Crippen molar-refractivity contribution in [3.8, 4) is 5.69 Å². The van der Waals surface area contributed by atoms with Gasteiger partial charge in [-0.3, -0.25) is 0 Å². The highest BCUT2D eigenvalue weighted by Gasteiger charge is 2.12. The first-order chi connectivity index (χ1) is 8.99. The summed E-state index contributed by atoms with van der Waals surface area (Å²) >= 11 is 3.52. The molecule has 1 N–H and O–H groups in total. The number of halogens is 1. The fraction of sp³-hybridized carbons (Fsp3) is 0.429. The number of nitrogens with zero attached hydrogens (tertiary/aromatic N) is 3. The van der Waals surface area contributed by atoms with Crippen molar-refractivity contribution in [3.63, 3.8) is 0 Å². The summed E-state index contributed by atoms with van der Waals surface area (Å²) in [5.74, 6) is 0. The zero-order valence-electron chi connectivity index (χ0n) is 11.7. The van der Waals surface area contributed by atoms with Gasteiger partial charge in [0.2, 0.25) is 0 Å². The van der Waals surface area contributed by atoms with Crippen molar-refractivity contribution < 1.29 is 0 Å². The molecule has 0 aliphatic heterocycles. The van der Waals surface area contributed by atoms with Gasteiger partial charge in [-0.25, -0.2) is 4.68 Å². The second-order valence-corrected chi connectivity index (χ2v) is 5.98. The van der Waals surface area contributed by atoms with Crippen molar-refractivity contribution in [1.82, 2.24) is 20.3 Å². The van der Waals surface area contributed by atoms with E-state index in [0.717, 1.165) is 22.4 Å². The van der Waals surface area contributed by atoms with Gasteiger partial charge in [-0.05, 0) is 37.1 Å². The smallest absolute Gasteiger partial charge is 0.0784 e. The van der Waals surface area contributed by atoms with Crippen molar-refractivity contribution in [3.05, 3.63) is 39.6 Å². The Labute approximate surface area is 122 Å². The molecule has 1 heterocycles. The molecule has 0 aliphatic rings. The van der Waals surface area contributed by atoms with E-state index >= 15 is 0 Å². The van der Waals surface area contributed by atoms with Crippen LogP contribution in [-0.4, -0.2) is 21.0 Å². The highest BCUT2D eigenvalue weighted by atomic mass is 79.9. The van der Waals surface area contributed by atoms with Gasteiger partial charge in [-0.1, -0.05) is 35.0 Å². The average molecular weight is 323 g/mol. The first-order valence-electron chi connectivity index (χ1n) is 6.39. The van der Waals surface area contributed by atoms with Crippen molar-refractivity contribution in [1.29, 1.82) is 0 Å². The van der Waals surface area contributed by atoms with Gasteiger partial charge in [0.05, 0.1) is 17.6 Å². The van der Waals surface area contributed by atoms with E-state index in [2.05, 4.69) is 71.4 Å². The van der Waals surface area contributed by atoms with Crippen LogP contribution in [-0.2, 0) is 6.54 Å². The maximum absolute atomic E-state index is 4.23. The number of aryl methyl sites for hydroxylation is 2. The Kier molecular flexibility index (Phi) is 4.37. The van der Waals surface area contributed by atoms with Gasteiger partial charge in [0.1, 0.15) is 0 Å². The number of hydrogen-bond acceptors (Lipinski definition) is 3. The monoisotopic (exact) mass is 322 g/mol. The number of aromatic nitrogens is 3. The van der Waals surface area contributed by atoms with Crippen LogP contribution in [0, 0.1) is 13.8 Å². The lowest BCUT2D eigenvalue weighted by Gasteiger charge is -2.14. The van der Waals surface area contributed by atoms with E-state index in [0.29, 0.717) is 6.04 Å². The molecule has 0 radical (unpaired) electrons. The first-order valence-corrected chi connectivity index (χ1v) is 7.18. The van der Waals surface area contributed by atoms with Crippen LogP contribution in [0.3, 0.4) is 0 Å². The topological polar surface area (TPSA) is 42.7 Å². The lowest BCUT2D eigenvalue weighted by Crippen LogP contribution is -2.23. The van der Waals surface area contributed by atoms with Gasteiger partial charge in [0.25, 0.3) is 0 Å². The van der Waals surface area contributed by atoms with Gasteiger partial charge in [-0.2, -0.15) is 0 Å². The summed E-state index contributed by atoms with van der Waals surface area (Å²) in [6, 6.07) is 4.64. The third-order valence-corrected chi connectivity index (χ3v) is 3.44. The molecule has 102 valence electrons. The highest BCUT2D eigenvalue weighted by Crippen LogP contribution is 2.24. The minimum atomic E-state index is 0.440. The Hall–Kier alpha value is -1.20. The predicted octanol–water partition coefficient (Wildman–Crippen LogP) is 3.14. The second-order valence-electron chi connectivity index (χ2n) is 5.06. The molecule has 0 spiro atoms. The maximum Gasteiger partial charge on any atom is 0.0784 e. The van der Waals surface area contributed by atoms with Crippen molar-refractivity contribution in [2.45, 2.75) is 40.3 Å². The van der Waals surface area contributed by atoms with E-state index < -0.39 is 0 Å². The molecule has 2 rings (SSSR count). The second kappa shape index (κ2) is 5.84. The standard InChI is InChI=1S/C14H19BrN4/c1-9(2)16-7-13-8-17-18-19(13)14-10(3)5-12(15)6-11(14)4/h5-6,8-9,16H,7H2,1-4H3. The minimum absolute atomic E-state index is 0.440. The Balaban J connectivity index is 2.40. The van der Waals surface area contributed by atoms with E-state index in [1.165, 1.54) is 11.1 Å². The van der Waals surface area contributed by atoms with Gasteiger partial charge in [0.15, 0.2) is 0 Å². The average Bonchev–Trinajstić information content (AvgIpc) is 2.73. The van der Waals surface area contributed by atoms with Crippen LogP contribution in [0.2, 0.25) is 0 Å². The number of benzene rings is 1. The Morgan fingerprint density at radius 3 is 2.47 bits per heavy atom. The molecule has 0 amide bonds. The van der Waals surface area contributed by atoms with Crippen LogP contribution in [0.25, 0.3) is 5.69 Å². The van der Waals surface area contributed by atoms with Crippen LogP contribution in [0.1, 0.15) is 30.7 Å². The number of rotatable bonds is 4. The van der Waals surface area contributed by atoms with E-state index in [4.69, 9.17) is 0 Å². The first kappa shape index (κ1) is 14.2. The molecule has 0 saturated carbocycles. The van der Waals surface area contributed by atoms with E-state index in [1.807, 2.05) is 10.9 Å². The van der Waals surface area contributed by atoms with Gasteiger partial charge < -0.3 is 5.32 Å². The molecule has 0 aliphatic carbocycles. The summed E-state index contributed by atoms with van der Waals surface area (Å²) in [7, 11) is 0. The fourth-order valence-electron chi connectivity index (χ4n) is 2.11. The maximum atomic E-state index is 4.23. The molecule has 0 atom stereocenters. The van der Waals surface area contributed by atoms with Crippen molar-refractivity contribution in [2.75, 3.05) is 0 Å². The zero-order chi connectivity index (χ0) is 14.0. The summed E-state index contributed by atoms with van der Waals surface area (Å²) in [6.07, 6.45) is 1.82. The quantitative estimate of drug-likeness (QED) is 0.940. The minimum Gasteiger partial charge on any atom is -0.309 e. The molecular formula is C14H19BrN4. The molecule has 1 aromatic carbocycles. The molecule has 1 aromatic heterocycles. The van der Waals surface area contributed by atoms with Gasteiger partial charge >= 0.3 is 0 Å². The van der Waals surface area contributed by atoms with E-state index in [1.54, 1.807) is 0 Å². The van der Waals surface area contributed by atoms with Gasteiger partial charge in [-0.15, -0.1) is 5.10 Å². The predicted molar refractivity (Wildman–Crippen MR) is 80.5 cm³/mol. The van der Waals surface area contributed by atoms with E-state index in [9.17, 15) is 0 Å². The highest BCUT2D eigenvalue weighted by molar-refractivity contribution is 9.10. The van der Waals surface area contributed by atoms with Gasteiger partial charge in [0, 0.05) is 17.1 Å². The molecule has 0 unspecified atom stereocenters. The van der Waals surface area contributed by atoms with Crippen LogP contribution in [0.15, 0.2) is 22.8 Å². The van der Waals surface area contributed by atoms with Crippen molar-refractivity contribution >= 4 is 15.9 Å².